The molecule has 4 nitrogen and oxygen atoms in total. The van der Waals surface area contributed by atoms with Crippen LogP contribution in [0.3, 0.4) is 0 Å². The van der Waals surface area contributed by atoms with Crippen LogP contribution in [0.15, 0.2) is 36.4 Å². The van der Waals surface area contributed by atoms with E-state index in [1.54, 1.807) is 12.1 Å². The van der Waals surface area contributed by atoms with E-state index in [0.29, 0.717) is 5.69 Å². The lowest BCUT2D eigenvalue weighted by atomic mass is 10.1. The minimum absolute atomic E-state index is 0.0674. The lowest BCUT2D eigenvalue weighted by molar-refractivity contribution is -0.117. The number of halogens is 3. The van der Waals surface area contributed by atoms with Crippen molar-refractivity contribution in [2.45, 2.75) is 26.7 Å². The Bertz CT molecular complexity index is 807. The molecule has 0 aliphatic heterocycles. The molecule has 0 aliphatic carbocycles. The summed E-state index contributed by atoms with van der Waals surface area (Å²) in [6.45, 7) is 3.46. The van der Waals surface area contributed by atoms with Crippen LogP contribution in [-0.4, -0.2) is 18.4 Å². The zero-order valence-electron chi connectivity index (χ0n) is 14.5. The van der Waals surface area contributed by atoms with Crippen molar-refractivity contribution >= 4 is 23.2 Å². The Kier molecular flexibility index (Phi) is 6.38. The summed E-state index contributed by atoms with van der Waals surface area (Å²) in [5, 5.41) is 2.18. The van der Waals surface area contributed by atoms with Gasteiger partial charge in [0.1, 0.15) is 0 Å². The molecule has 0 saturated carbocycles. The van der Waals surface area contributed by atoms with Crippen LogP contribution in [0.5, 0.6) is 0 Å². The molecule has 26 heavy (non-hydrogen) atoms. The van der Waals surface area contributed by atoms with Gasteiger partial charge in [-0.25, -0.2) is 13.2 Å². The molecule has 0 aliphatic rings. The van der Waals surface area contributed by atoms with Gasteiger partial charge in [-0.15, -0.1) is 0 Å². The molecule has 0 heterocycles. The molecule has 2 aromatic rings. The van der Waals surface area contributed by atoms with Crippen LogP contribution in [0.25, 0.3) is 0 Å². The minimum atomic E-state index is -1.65. The van der Waals surface area contributed by atoms with Crippen LogP contribution >= 0.6 is 0 Å². The summed E-state index contributed by atoms with van der Waals surface area (Å²) in [4.78, 5) is 25.3. The van der Waals surface area contributed by atoms with Gasteiger partial charge in [-0.05, 0) is 36.2 Å². The second kappa shape index (κ2) is 8.51. The Morgan fingerprint density at radius 1 is 1.00 bits per heavy atom. The quantitative estimate of drug-likeness (QED) is 0.787. The van der Waals surface area contributed by atoms with Crippen molar-refractivity contribution in [1.29, 1.82) is 0 Å². The number of hydrogen-bond donors (Lipinski definition) is 1. The van der Waals surface area contributed by atoms with E-state index < -0.39 is 29.0 Å². The summed E-state index contributed by atoms with van der Waals surface area (Å²) < 4.78 is 39.7. The van der Waals surface area contributed by atoms with E-state index in [4.69, 9.17) is 0 Å². The van der Waals surface area contributed by atoms with Gasteiger partial charge in [0.05, 0.1) is 5.69 Å². The summed E-state index contributed by atoms with van der Waals surface area (Å²) >= 11 is 0. The Morgan fingerprint density at radius 3 is 2.23 bits per heavy atom. The van der Waals surface area contributed by atoms with Gasteiger partial charge in [-0.3, -0.25) is 9.59 Å². The van der Waals surface area contributed by atoms with Crippen LogP contribution in [-0.2, 0) is 16.0 Å². The van der Waals surface area contributed by atoms with E-state index in [1.807, 2.05) is 19.1 Å². The molecule has 2 amide bonds. The molecule has 7 heteroatoms. The van der Waals surface area contributed by atoms with Gasteiger partial charge < -0.3 is 10.2 Å². The molecule has 1 N–H and O–H groups in total. The standard InChI is InChI=1S/C19H19F3N2O2/c1-3-13-4-6-14(7-5-13)24(12(2)25)11-10-17(26)23-16-9-8-15(20)18(21)19(16)22/h4-9H,3,10-11H2,1-2H3,(H,23,26). The van der Waals surface area contributed by atoms with E-state index in [9.17, 15) is 22.8 Å². The zero-order chi connectivity index (χ0) is 19.3. The van der Waals surface area contributed by atoms with Crippen LogP contribution in [0.4, 0.5) is 24.5 Å². The van der Waals surface area contributed by atoms with E-state index in [-0.39, 0.29) is 18.9 Å². The van der Waals surface area contributed by atoms with E-state index >= 15 is 0 Å². The highest BCUT2D eigenvalue weighted by Gasteiger charge is 2.17. The van der Waals surface area contributed by atoms with Crippen molar-refractivity contribution in [3.63, 3.8) is 0 Å². The van der Waals surface area contributed by atoms with Crippen molar-refractivity contribution in [2.75, 3.05) is 16.8 Å². The lowest BCUT2D eigenvalue weighted by Gasteiger charge is -2.21. The fourth-order valence-corrected chi connectivity index (χ4v) is 2.43. The monoisotopic (exact) mass is 364 g/mol. The predicted octanol–water partition coefficient (Wildman–Crippen LogP) is 4.05. The highest BCUT2D eigenvalue weighted by molar-refractivity contribution is 5.94. The topological polar surface area (TPSA) is 49.4 Å². The van der Waals surface area contributed by atoms with Crippen molar-refractivity contribution in [3.8, 4) is 0 Å². The third kappa shape index (κ3) is 4.62. The van der Waals surface area contributed by atoms with Gasteiger partial charge in [0, 0.05) is 25.6 Å². The molecule has 0 saturated heterocycles. The first kappa shape index (κ1) is 19.5. The van der Waals surface area contributed by atoms with Crippen molar-refractivity contribution in [1.82, 2.24) is 0 Å². The van der Waals surface area contributed by atoms with Gasteiger partial charge in [0.25, 0.3) is 0 Å². The zero-order valence-corrected chi connectivity index (χ0v) is 14.5. The number of carbonyl (C=O) groups is 2. The normalized spacial score (nSPS) is 10.5. The number of benzene rings is 2. The number of amides is 2. The molecule has 0 fully saturated rings. The van der Waals surface area contributed by atoms with Crippen molar-refractivity contribution < 1.29 is 22.8 Å². The average Bonchev–Trinajstić information content (AvgIpc) is 2.62. The largest absolute Gasteiger partial charge is 0.323 e. The van der Waals surface area contributed by atoms with Crippen LogP contribution in [0.2, 0.25) is 0 Å². The van der Waals surface area contributed by atoms with Crippen molar-refractivity contribution in [3.05, 3.63) is 59.4 Å². The van der Waals surface area contributed by atoms with E-state index in [0.717, 1.165) is 24.1 Å². The van der Waals surface area contributed by atoms with Crippen LogP contribution in [0, 0.1) is 17.5 Å². The first-order valence-electron chi connectivity index (χ1n) is 8.13. The summed E-state index contributed by atoms with van der Waals surface area (Å²) in [5.41, 5.74) is 1.31. The molecular weight excluding hydrogens is 345 g/mol. The van der Waals surface area contributed by atoms with Gasteiger partial charge in [-0.1, -0.05) is 19.1 Å². The first-order chi connectivity index (χ1) is 12.3. The van der Waals surface area contributed by atoms with E-state index in [1.165, 1.54) is 11.8 Å². The fraction of sp³-hybridized carbons (Fsp3) is 0.263. The Morgan fingerprint density at radius 2 is 1.65 bits per heavy atom. The highest BCUT2D eigenvalue weighted by Crippen LogP contribution is 2.20. The Balaban J connectivity index is 2.03. The maximum atomic E-state index is 13.6. The van der Waals surface area contributed by atoms with Gasteiger partial charge in [0.2, 0.25) is 11.8 Å². The van der Waals surface area contributed by atoms with Gasteiger partial charge in [0.15, 0.2) is 17.5 Å². The SMILES string of the molecule is CCc1ccc(N(CCC(=O)Nc2ccc(F)c(F)c2F)C(C)=O)cc1. The number of aryl methyl sites for hydroxylation is 1. The molecule has 138 valence electrons. The fourth-order valence-electron chi connectivity index (χ4n) is 2.43. The molecule has 0 atom stereocenters. The smallest absolute Gasteiger partial charge is 0.226 e. The first-order valence-corrected chi connectivity index (χ1v) is 8.13. The minimum Gasteiger partial charge on any atom is -0.323 e. The third-order valence-electron chi connectivity index (χ3n) is 3.91. The summed E-state index contributed by atoms with van der Waals surface area (Å²) in [6.07, 6.45) is 0.732. The average molecular weight is 364 g/mol. The second-order valence-electron chi connectivity index (χ2n) is 5.71. The number of nitrogens with one attached hydrogen (secondary N) is 1. The molecule has 2 rings (SSSR count). The van der Waals surface area contributed by atoms with Gasteiger partial charge >= 0.3 is 0 Å². The molecule has 0 radical (unpaired) electrons. The summed E-state index contributed by atoms with van der Waals surface area (Å²) in [6, 6.07) is 9.02. The van der Waals surface area contributed by atoms with Crippen LogP contribution in [0.1, 0.15) is 25.8 Å². The number of anilines is 2. The molecule has 0 unspecified atom stereocenters. The van der Waals surface area contributed by atoms with Crippen LogP contribution < -0.4 is 10.2 Å². The lowest BCUT2D eigenvalue weighted by Crippen LogP contribution is -2.32. The van der Waals surface area contributed by atoms with E-state index in [2.05, 4.69) is 5.32 Å². The Labute approximate surface area is 149 Å². The highest BCUT2D eigenvalue weighted by atomic mass is 19.2. The predicted molar refractivity (Wildman–Crippen MR) is 93.4 cm³/mol. The molecule has 0 aromatic heterocycles. The maximum Gasteiger partial charge on any atom is 0.226 e. The second-order valence-corrected chi connectivity index (χ2v) is 5.71. The summed E-state index contributed by atoms with van der Waals surface area (Å²) in [5.74, 6) is -5.31. The Hall–Kier alpha value is -2.83. The molecule has 2 aromatic carbocycles. The molecule has 0 bridgehead atoms. The number of rotatable bonds is 6. The summed E-state index contributed by atoms with van der Waals surface area (Å²) in [7, 11) is 0. The van der Waals surface area contributed by atoms with Crippen molar-refractivity contribution in [2.24, 2.45) is 0 Å². The third-order valence-corrected chi connectivity index (χ3v) is 3.91. The van der Waals surface area contributed by atoms with Gasteiger partial charge in [-0.2, -0.15) is 0 Å². The maximum absolute atomic E-state index is 13.6. The number of hydrogen-bond acceptors (Lipinski definition) is 2. The molecular formula is C19H19F3N2O2. The molecule has 0 spiro atoms. The number of nitrogens with zero attached hydrogens (tertiary/aromatic N) is 1. The number of carbonyl (C=O) groups excluding carboxylic acids is 2.